The Hall–Kier alpha value is -1.28. The summed E-state index contributed by atoms with van der Waals surface area (Å²) in [4.78, 5) is 11.2. The maximum absolute atomic E-state index is 11.2. The van der Waals surface area contributed by atoms with Gasteiger partial charge in [0, 0.05) is 12.8 Å². The first-order valence-electron chi connectivity index (χ1n) is 4.12. The third-order valence-corrected chi connectivity index (χ3v) is 1.62. The Morgan fingerprint density at radius 1 is 1.67 bits per heavy atom. The molecule has 0 amide bonds. The van der Waals surface area contributed by atoms with Crippen molar-refractivity contribution in [2.24, 2.45) is 5.92 Å². The van der Waals surface area contributed by atoms with E-state index in [1.54, 1.807) is 0 Å². The summed E-state index contributed by atoms with van der Waals surface area (Å²) in [6.45, 7) is 1.92. The lowest BCUT2D eigenvalue weighted by atomic mass is 9.97. The minimum Gasteiger partial charge on any atom is -0.298 e. The zero-order valence-corrected chi connectivity index (χ0v) is 7.34. The second kappa shape index (κ2) is 6.43. The SMILES string of the molecule is C#CCCC(C#N)C(=O)CCC. The fraction of sp³-hybridized carbons (Fsp3) is 0.600. The summed E-state index contributed by atoms with van der Waals surface area (Å²) in [6.07, 6.45) is 7.34. The van der Waals surface area contributed by atoms with Crippen molar-refractivity contribution in [2.75, 3.05) is 0 Å². The van der Waals surface area contributed by atoms with Crippen LogP contribution < -0.4 is 0 Å². The van der Waals surface area contributed by atoms with E-state index in [9.17, 15) is 4.79 Å². The topological polar surface area (TPSA) is 40.9 Å². The lowest BCUT2D eigenvalue weighted by Gasteiger charge is -2.03. The summed E-state index contributed by atoms with van der Waals surface area (Å²) in [5.41, 5.74) is 0. The smallest absolute Gasteiger partial charge is 0.150 e. The van der Waals surface area contributed by atoms with E-state index in [0.29, 0.717) is 19.3 Å². The van der Waals surface area contributed by atoms with E-state index in [2.05, 4.69) is 5.92 Å². The number of carbonyl (C=O) groups is 1. The van der Waals surface area contributed by atoms with Crippen molar-refractivity contribution >= 4 is 5.78 Å². The Kier molecular flexibility index (Phi) is 5.75. The van der Waals surface area contributed by atoms with Crippen molar-refractivity contribution in [3.63, 3.8) is 0 Å². The first-order chi connectivity index (χ1) is 5.76. The first kappa shape index (κ1) is 10.7. The molecule has 0 aromatic carbocycles. The Bertz CT molecular complexity index is 219. The van der Waals surface area contributed by atoms with Crippen LogP contribution in [0.5, 0.6) is 0 Å². The number of carbonyl (C=O) groups excluding carboxylic acids is 1. The van der Waals surface area contributed by atoms with E-state index < -0.39 is 5.92 Å². The molecule has 64 valence electrons. The Morgan fingerprint density at radius 2 is 2.33 bits per heavy atom. The van der Waals surface area contributed by atoms with E-state index >= 15 is 0 Å². The number of ketones is 1. The second-order valence-electron chi connectivity index (χ2n) is 2.64. The quantitative estimate of drug-likeness (QED) is 0.581. The molecule has 1 unspecified atom stereocenters. The minimum absolute atomic E-state index is 0.0234. The van der Waals surface area contributed by atoms with Gasteiger partial charge in [-0.2, -0.15) is 5.26 Å². The largest absolute Gasteiger partial charge is 0.298 e. The molecule has 0 aliphatic rings. The predicted molar refractivity (Wildman–Crippen MR) is 47.1 cm³/mol. The van der Waals surface area contributed by atoms with Crippen LogP contribution >= 0.6 is 0 Å². The molecule has 12 heavy (non-hydrogen) atoms. The molecule has 0 saturated heterocycles. The van der Waals surface area contributed by atoms with Crippen LogP contribution in [0, 0.1) is 29.6 Å². The van der Waals surface area contributed by atoms with Crippen molar-refractivity contribution < 1.29 is 4.79 Å². The monoisotopic (exact) mass is 163 g/mol. The highest BCUT2D eigenvalue weighted by atomic mass is 16.1. The van der Waals surface area contributed by atoms with Crippen molar-refractivity contribution in [3.8, 4) is 18.4 Å². The number of nitrogens with zero attached hydrogens (tertiary/aromatic N) is 1. The highest BCUT2D eigenvalue weighted by Gasteiger charge is 2.15. The number of nitriles is 1. The van der Waals surface area contributed by atoms with Gasteiger partial charge in [-0.05, 0) is 12.8 Å². The summed E-state index contributed by atoms with van der Waals surface area (Å²) < 4.78 is 0. The average molecular weight is 163 g/mol. The number of hydrogen-bond acceptors (Lipinski definition) is 2. The normalized spacial score (nSPS) is 11.2. The van der Waals surface area contributed by atoms with Crippen LogP contribution in [0.2, 0.25) is 0 Å². The molecule has 0 N–H and O–H groups in total. The fourth-order valence-corrected chi connectivity index (χ4v) is 0.946. The van der Waals surface area contributed by atoms with Crippen LogP contribution in [0.25, 0.3) is 0 Å². The molecule has 0 radical (unpaired) electrons. The highest BCUT2D eigenvalue weighted by Crippen LogP contribution is 2.09. The fourth-order valence-electron chi connectivity index (χ4n) is 0.946. The van der Waals surface area contributed by atoms with Gasteiger partial charge >= 0.3 is 0 Å². The maximum Gasteiger partial charge on any atom is 0.150 e. The lowest BCUT2D eigenvalue weighted by Crippen LogP contribution is -2.11. The molecule has 2 heteroatoms. The summed E-state index contributed by atoms with van der Waals surface area (Å²) in [5.74, 6) is 1.96. The van der Waals surface area contributed by atoms with Crippen molar-refractivity contribution in [3.05, 3.63) is 0 Å². The van der Waals surface area contributed by atoms with Gasteiger partial charge in [-0.25, -0.2) is 0 Å². The number of Topliss-reactive ketones (excluding diaryl/α,β-unsaturated/α-hetero) is 1. The Morgan fingerprint density at radius 3 is 2.75 bits per heavy atom. The van der Waals surface area contributed by atoms with E-state index in [4.69, 9.17) is 11.7 Å². The predicted octanol–water partition coefficient (Wildman–Crippen LogP) is 1.91. The summed E-state index contributed by atoms with van der Waals surface area (Å²) in [7, 11) is 0. The lowest BCUT2D eigenvalue weighted by molar-refractivity contribution is -0.121. The molecule has 0 bridgehead atoms. The molecular formula is C10H13NO. The molecule has 0 aliphatic carbocycles. The molecule has 0 aromatic rings. The van der Waals surface area contributed by atoms with Crippen LogP contribution in [-0.4, -0.2) is 5.78 Å². The maximum atomic E-state index is 11.2. The minimum atomic E-state index is -0.485. The number of rotatable bonds is 5. The third kappa shape index (κ3) is 3.78. The molecule has 0 saturated carbocycles. The van der Waals surface area contributed by atoms with Gasteiger partial charge in [-0.1, -0.05) is 6.92 Å². The molecule has 0 spiro atoms. The Labute approximate surface area is 73.6 Å². The molecular weight excluding hydrogens is 150 g/mol. The van der Waals surface area contributed by atoms with Crippen LogP contribution in [0.3, 0.4) is 0 Å². The molecule has 0 rings (SSSR count). The molecule has 0 aromatic heterocycles. The van der Waals surface area contributed by atoms with Gasteiger partial charge in [0.25, 0.3) is 0 Å². The van der Waals surface area contributed by atoms with E-state index in [0.717, 1.165) is 6.42 Å². The van der Waals surface area contributed by atoms with Gasteiger partial charge in [0.15, 0.2) is 0 Å². The van der Waals surface area contributed by atoms with Gasteiger partial charge in [0.05, 0.1) is 6.07 Å². The second-order valence-corrected chi connectivity index (χ2v) is 2.64. The van der Waals surface area contributed by atoms with Gasteiger partial charge in [-0.3, -0.25) is 4.79 Å². The summed E-state index contributed by atoms with van der Waals surface area (Å²) in [5, 5.41) is 8.61. The standard InChI is InChI=1S/C10H13NO/c1-3-5-7-9(8-11)10(12)6-4-2/h1,9H,4-7H2,2H3. The third-order valence-electron chi connectivity index (χ3n) is 1.62. The van der Waals surface area contributed by atoms with E-state index in [-0.39, 0.29) is 5.78 Å². The van der Waals surface area contributed by atoms with Gasteiger partial charge < -0.3 is 0 Å². The van der Waals surface area contributed by atoms with Crippen LogP contribution in [0.1, 0.15) is 32.6 Å². The van der Waals surface area contributed by atoms with Crippen molar-refractivity contribution in [2.45, 2.75) is 32.6 Å². The van der Waals surface area contributed by atoms with Crippen molar-refractivity contribution in [1.29, 1.82) is 5.26 Å². The summed E-state index contributed by atoms with van der Waals surface area (Å²) >= 11 is 0. The van der Waals surface area contributed by atoms with Crippen LogP contribution in [-0.2, 0) is 4.79 Å². The van der Waals surface area contributed by atoms with Gasteiger partial charge in [-0.15, -0.1) is 12.3 Å². The average Bonchev–Trinajstić information content (AvgIpc) is 2.06. The number of hydrogen-bond donors (Lipinski definition) is 0. The Balaban J connectivity index is 3.92. The highest BCUT2D eigenvalue weighted by molar-refractivity contribution is 5.83. The van der Waals surface area contributed by atoms with Gasteiger partial charge in [0.1, 0.15) is 11.7 Å². The van der Waals surface area contributed by atoms with Crippen molar-refractivity contribution in [1.82, 2.24) is 0 Å². The van der Waals surface area contributed by atoms with Crippen LogP contribution in [0.15, 0.2) is 0 Å². The molecule has 0 fully saturated rings. The zero-order valence-electron chi connectivity index (χ0n) is 7.34. The number of terminal acetylenes is 1. The molecule has 2 nitrogen and oxygen atoms in total. The molecule has 0 heterocycles. The van der Waals surface area contributed by atoms with Crippen LogP contribution in [0.4, 0.5) is 0 Å². The first-order valence-corrected chi connectivity index (χ1v) is 4.12. The molecule has 1 atom stereocenters. The molecule has 0 aliphatic heterocycles. The van der Waals surface area contributed by atoms with E-state index in [1.807, 2.05) is 13.0 Å². The van der Waals surface area contributed by atoms with E-state index in [1.165, 1.54) is 0 Å². The summed E-state index contributed by atoms with van der Waals surface area (Å²) in [6, 6.07) is 1.98. The van der Waals surface area contributed by atoms with Gasteiger partial charge in [0.2, 0.25) is 0 Å². The zero-order chi connectivity index (χ0) is 9.40.